The molecule has 4 rings (SSSR count). The highest BCUT2D eigenvalue weighted by molar-refractivity contribution is 6.07. The van der Waals surface area contributed by atoms with Gasteiger partial charge in [-0.2, -0.15) is 0 Å². The van der Waals surface area contributed by atoms with Crippen molar-refractivity contribution in [2.75, 3.05) is 40.3 Å². The molecule has 0 aliphatic carbocycles. The molecule has 1 fully saturated rings. The largest absolute Gasteiger partial charge is 0.503 e. The van der Waals surface area contributed by atoms with E-state index in [2.05, 4.69) is 5.32 Å². The number of likely N-dealkylation sites (tertiary alicyclic amines) is 1. The maximum atomic E-state index is 13.4. The Balaban J connectivity index is 1.68. The van der Waals surface area contributed by atoms with E-state index in [-0.39, 0.29) is 24.0 Å². The zero-order valence-electron chi connectivity index (χ0n) is 19.3. The van der Waals surface area contributed by atoms with Crippen molar-refractivity contribution in [1.29, 1.82) is 0 Å². The van der Waals surface area contributed by atoms with Crippen LogP contribution in [0.5, 0.6) is 0 Å². The molecule has 1 aromatic rings. The van der Waals surface area contributed by atoms with Gasteiger partial charge in [-0.05, 0) is 37.0 Å². The number of halogens is 1. The average Bonchev–Trinajstić information content (AvgIpc) is 3.09. The van der Waals surface area contributed by atoms with Crippen LogP contribution in [0.2, 0.25) is 0 Å². The van der Waals surface area contributed by atoms with Gasteiger partial charge in [0.15, 0.2) is 5.76 Å². The zero-order valence-corrected chi connectivity index (χ0v) is 19.3. The zero-order chi connectivity index (χ0) is 24.5. The highest BCUT2D eigenvalue weighted by atomic mass is 19.1. The van der Waals surface area contributed by atoms with Crippen molar-refractivity contribution >= 4 is 17.8 Å². The minimum Gasteiger partial charge on any atom is -0.503 e. The van der Waals surface area contributed by atoms with E-state index >= 15 is 0 Å². The van der Waals surface area contributed by atoms with Gasteiger partial charge in [0.25, 0.3) is 11.8 Å². The maximum absolute atomic E-state index is 13.4. The first-order chi connectivity index (χ1) is 16.2. The molecule has 182 valence electrons. The number of nitrogens with one attached hydrogen (secondary N) is 1. The normalized spacial score (nSPS) is 19.7. The molecular formula is C24H29FN4O5. The molecule has 0 aromatic heterocycles. The molecule has 4 amide bonds. The van der Waals surface area contributed by atoms with Gasteiger partial charge in [-0.1, -0.05) is 12.1 Å². The fraction of sp³-hybridized carbons (Fsp3) is 0.458. The number of ether oxygens (including phenoxy) is 1. The summed E-state index contributed by atoms with van der Waals surface area (Å²) < 4.78 is 18.9. The summed E-state index contributed by atoms with van der Waals surface area (Å²) in [6, 6.07) is 5.57. The van der Waals surface area contributed by atoms with Crippen molar-refractivity contribution in [3.63, 3.8) is 0 Å². The Morgan fingerprint density at radius 1 is 1.18 bits per heavy atom. The number of hydrogen-bond donors (Lipinski definition) is 2. The molecule has 3 aliphatic heterocycles. The third kappa shape index (κ3) is 4.20. The maximum Gasteiger partial charge on any atom is 0.319 e. The lowest BCUT2D eigenvalue weighted by Gasteiger charge is -2.48. The molecule has 0 saturated carbocycles. The first-order valence-corrected chi connectivity index (χ1v) is 11.3. The van der Waals surface area contributed by atoms with Crippen molar-refractivity contribution in [1.82, 2.24) is 20.0 Å². The number of urea groups is 1. The van der Waals surface area contributed by atoms with Crippen LogP contribution in [0, 0.1) is 11.2 Å². The van der Waals surface area contributed by atoms with E-state index in [1.54, 1.807) is 31.1 Å². The molecule has 1 aromatic carbocycles. The molecular weight excluding hydrogens is 443 g/mol. The number of amides is 4. The van der Waals surface area contributed by atoms with Crippen LogP contribution in [0.25, 0.3) is 0 Å². The Hall–Kier alpha value is -3.56. The minimum absolute atomic E-state index is 0.00966. The van der Waals surface area contributed by atoms with E-state index in [0.29, 0.717) is 56.8 Å². The van der Waals surface area contributed by atoms with Crippen molar-refractivity contribution in [2.24, 2.45) is 5.41 Å². The molecule has 0 bridgehead atoms. The van der Waals surface area contributed by atoms with Crippen molar-refractivity contribution < 1.29 is 28.6 Å². The fourth-order valence-corrected chi connectivity index (χ4v) is 4.87. The summed E-state index contributed by atoms with van der Waals surface area (Å²) in [4.78, 5) is 43.7. The summed E-state index contributed by atoms with van der Waals surface area (Å²) in [5.74, 6) is -2.18. The van der Waals surface area contributed by atoms with E-state index in [9.17, 15) is 23.9 Å². The first-order valence-electron chi connectivity index (χ1n) is 11.3. The molecule has 9 nitrogen and oxygen atoms in total. The van der Waals surface area contributed by atoms with E-state index in [1.807, 2.05) is 0 Å². The lowest BCUT2D eigenvalue weighted by atomic mass is 9.67. The molecule has 10 heteroatoms. The van der Waals surface area contributed by atoms with Gasteiger partial charge in [0, 0.05) is 40.3 Å². The summed E-state index contributed by atoms with van der Waals surface area (Å²) in [5, 5.41) is 13.7. The molecule has 0 atom stereocenters. The van der Waals surface area contributed by atoms with Gasteiger partial charge >= 0.3 is 6.03 Å². The van der Waals surface area contributed by atoms with Crippen LogP contribution < -0.4 is 5.32 Å². The molecule has 2 N–H and O–H groups in total. The van der Waals surface area contributed by atoms with Gasteiger partial charge in [0.2, 0.25) is 0 Å². The van der Waals surface area contributed by atoms with E-state index in [1.165, 1.54) is 28.2 Å². The van der Waals surface area contributed by atoms with Gasteiger partial charge in [-0.3, -0.25) is 9.59 Å². The number of carbonyl (C=O) groups is 3. The number of aliphatic hydroxyl groups is 1. The lowest BCUT2D eigenvalue weighted by Crippen LogP contribution is -2.55. The van der Waals surface area contributed by atoms with Gasteiger partial charge in [0.1, 0.15) is 12.1 Å². The van der Waals surface area contributed by atoms with Crippen LogP contribution in [0.15, 0.2) is 47.6 Å². The van der Waals surface area contributed by atoms with Crippen LogP contribution >= 0.6 is 0 Å². The molecule has 1 spiro atoms. The monoisotopic (exact) mass is 472 g/mol. The lowest BCUT2D eigenvalue weighted by molar-refractivity contribution is -0.132. The van der Waals surface area contributed by atoms with Crippen molar-refractivity contribution in [3.8, 4) is 0 Å². The minimum atomic E-state index is -0.988. The summed E-state index contributed by atoms with van der Waals surface area (Å²) in [7, 11) is 3.35. The summed E-state index contributed by atoms with van der Waals surface area (Å²) in [5.41, 5.74) is 0.218. The smallest absolute Gasteiger partial charge is 0.319 e. The van der Waals surface area contributed by atoms with Crippen molar-refractivity contribution in [2.45, 2.75) is 25.8 Å². The molecule has 3 aliphatic rings. The van der Waals surface area contributed by atoms with Gasteiger partial charge in [-0.25, -0.2) is 9.18 Å². The number of aliphatic hydroxyl groups excluding tert-OH is 1. The van der Waals surface area contributed by atoms with E-state index in [4.69, 9.17) is 4.74 Å². The van der Waals surface area contributed by atoms with Crippen LogP contribution in [-0.2, 0) is 20.9 Å². The summed E-state index contributed by atoms with van der Waals surface area (Å²) >= 11 is 0. The number of nitrogens with zero attached hydrogens (tertiary/aromatic N) is 3. The number of fused-ring (bicyclic) bond motifs is 2. The van der Waals surface area contributed by atoms with Crippen LogP contribution in [-0.4, -0.2) is 78.0 Å². The Labute approximate surface area is 197 Å². The van der Waals surface area contributed by atoms with Gasteiger partial charge in [0.05, 0.1) is 23.3 Å². The highest BCUT2D eigenvalue weighted by Gasteiger charge is 2.54. The average molecular weight is 473 g/mol. The topological polar surface area (TPSA) is 102 Å². The third-order valence-electron chi connectivity index (χ3n) is 6.65. The third-order valence-corrected chi connectivity index (χ3v) is 6.65. The Morgan fingerprint density at radius 2 is 1.85 bits per heavy atom. The second-order valence-electron chi connectivity index (χ2n) is 8.96. The second kappa shape index (κ2) is 9.36. The van der Waals surface area contributed by atoms with Crippen LogP contribution in [0.3, 0.4) is 0 Å². The Morgan fingerprint density at radius 3 is 2.50 bits per heavy atom. The molecule has 0 unspecified atom stereocenters. The van der Waals surface area contributed by atoms with Crippen LogP contribution in [0.1, 0.15) is 24.8 Å². The SMILES string of the molecule is CN(C)C(=O)N1CCC2(CC1)C1=COCCCN1C(=O)C(O)=C2C(=O)NCc1ccc(F)cc1. The predicted octanol–water partition coefficient (Wildman–Crippen LogP) is 2.12. The summed E-state index contributed by atoms with van der Waals surface area (Å²) in [6.45, 7) is 1.57. The molecule has 1 saturated heterocycles. The number of rotatable bonds is 3. The van der Waals surface area contributed by atoms with Gasteiger partial charge < -0.3 is 29.9 Å². The van der Waals surface area contributed by atoms with Crippen LogP contribution in [0.4, 0.5) is 9.18 Å². The first kappa shape index (κ1) is 23.6. The molecule has 0 radical (unpaired) electrons. The van der Waals surface area contributed by atoms with Crippen molar-refractivity contribution in [3.05, 3.63) is 58.9 Å². The van der Waals surface area contributed by atoms with E-state index < -0.39 is 23.0 Å². The number of benzene rings is 1. The fourth-order valence-electron chi connectivity index (χ4n) is 4.87. The van der Waals surface area contributed by atoms with Gasteiger partial charge in [-0.15, -0.1) is 0 Å². The predicted molar refractivity (Wildman–Crippen MR) is 121 cm³/mol. The molecule has 3 heterocycles. The van der Waals surface area contributed by atoms with E-state index in [0.717, 1.165) is 0 Å². The quantitative estimate of drug-likeness (QED) is 0.702. The Bertz CT molecular complexity index is 1040. The second-order valence-corrected chi connectivity index (χ2v) is 8.96. The molecule has 34 heavy (non-hydrogen) atoms. The Kier molecular flexibility index (Phi) is 6.49. The highest BCUT2D eigenvalue weighted by Crippen LogP contribution is 2.51. The summed E-state index contributed by atoms with van der Waals surface area (Å²) in [6.07, 6.45) is 2.80. The number of hydrogen-bond acceptors (Lipinski definition) is 5. The standard InChI is InChI=1S/C24H29FN4O5/c1-27(2)23(33)28-11-8-24(9-12-28)18-15-34-13-3-10-29(18)22(32)20(30)19(24)21(31)26-14-16-4-6-17(25)7-5-16/h4-7,15,30H,3,8-14H2,1-2H3,(H,26,31). The number of piperidine rings is 1. The number of allylic oxidation sites excluding steroid dienone is 1. The number of carbonyl (C=O) groups excluding carboxylic acids is 3.